The monoisotopic (exact) mass is 383 g/mol. The van der Waals surface area contributed by atoms with E-state index in [1.54, 1.807) is 6.33 Å². The maximum Gasteiger partial charge on any atom is 0.116 e. The first-order valence-corrected chi connectivity index (χ1v) is 9.58. The normalized spacial score (nSPS) is 14.1. The first-order valence-electron chi connectivity index (χ1n) is 9.20. The van der Waals surface area contributed by atoms with Crippen LogP contribution in [0.2, 0.25) is 5.02 Å². The first-order chi connectivity index (χ1) is 12.8. The molecule has 3 aromatic rings. The van der Waals surface area contributed by atoms with E-state index in [1.807, 2.05) is 37.4 Å². The zero-order valence-corrected chi connectivity index (χ0v) is 17.0. The van der Waals surface area contributed by atoms with E-state index in [9.17, 15) is 5.11 Å². The van der Waals surface area contributed by atoms with Crippen molar-refractivity contribution >= 4 is 11.6 Å². The van der Waals surface area contributed by atoms with Crippen molar-refractivity contribution in [1.29, 1.82) is 0 Å². The Morgan fingerprint density at radius 3 is 2.37 bits per heavy atom. The average Bonchev–Trinajstić information content (AvgIpc) is 3.13. The molecule has 0 fully saturated rings. The molecule has 0 amide bonds. The number of aryl methyl sites for hydroxylation is 1. The standard InChI is InChI=1S/C22H26ClN3O/c1-5-17-19(23)20(26-14-25-17)18-11-16(12-24-18)22(13-27,21(2,3)4)15-9-7-6-8-10-15/h6-12,14,24,27H,5,13H2,1-4H3. The molecule has 2 aromatic heterocycles. The van der Waals surface area contributed by atoms with E-state index in [0.29, 0.717) is 10.7 Å². The summed E-state index contributed by atoms with van der Waals surface area (Å²) in [6.45, 7) is 8.46. The molecule has 1 unspecified atom stereocenters. The number of hydrogen-bond donors (Lipinski definition) is 2. The second-order valence-corrected chi connectivity index (χ2v) is 8.20. The minimum Gasteiger partial charge on any atom is -0.395 e. The lowest BCUT2D eigenvalue weighted by Crippen LogP contribution is -2.44. The molecule has 0 aliphatic heterocycles. The molecule has 0 aliphatic rings. The second-order valence-electron chi connectivity index (χ2n) is 7.82. The highest BCUT2D eigenvalue weighted by molar-refractivity contribution is 6.33. The van der Waals surface area contributed by atoms with Crippen LogP contribution in [-0.2, 0) is 11.8 Å². The van der Waals surface area contributed by atoms with Crippen molar-refractivity contribution in [2.24, 2.45) is 5.41 Å². The minimum absolute atomic E-state index is 0.00444. The molecule has 0 saturated carbocycles. The number of halogens is 1. The van der Waals surface area contributed by atoms with Crippen LogP contribution in [0.1, 0.15) is 44.5 Å². The lowest BCUT2D eigenvalue weighted by atomic mass is 9.60. The van der Waals surface area contributed by atoms with Crippen molar-refractivity contribution in [1.82, 2.24) is 15.0 Å². The Labute approximate surface area is 165 Å². The third kappa shape index (κ3) is 3.28. The lowest BCUT2D eigenvalue weighted by Gasteiger charge is -2.44. The third-order valence-corrected chi connectivity index (χ3v) is 5.81. The van der Waals surface area contributed by atoms with Gasteiger partial charge in [-0.05, 0) is 29.0 Å². The number of aromatic amines is 1. The van der Waals surface area contributed by atoms with E-state index in [-0.39, 0.29) is 12.0 Å². The number of benzene rings is 1. The van der Waals surface area contributed by atoms with Crippen molar-refractivity contribution in [3.05, 3.63) is 70.8 Å². The molecule has 0 radical (unpaired) electrons. The molecule has 5 heteroatoms. The zero-order chi connectivity index (χ0) is 19.7. The van der Waals surface area contributed by atoms with Crippen LogP contribution in [-0.4, -0.2) is 26.7 Å². The van der Waals surface area contributed by atoms with E-state index in [4.69, 9.17) is 11.6 Å². The summed E-state index contributed by atoms with van der Waals surface area (Å²) < 4.78 is 0. The predicted molar refractivity (Wildman–Crippen MR) is 110 cm³/mol. The van der Waals surface area contributed by atoms with Crippen LogP contribution in [0.5, 0.6) is 0 Å². The average molecular weight is 384 g/mol. The molecule has 4 nitrogen and oxygen atoms in total. The number of nitrogens with zero attached hydrogens (tertiary/aromatic N) is 2. The van der Waals surface area contributed by atoms with Crippen LogP contribution in [0, 0.1) is 5.41 Å². The summed E-state index contributed by atoms with van der Waals surface area (Å²) in [5, 5.41) is 11.1. The number of aliphatic hydroxyl groups is 1. The van der Waals surface area contributed by atoms with Gasteiger partial charge in [-0.1, -0.05) is 69.6 Å². The number of aliphatic hydroxyl groups excluding tert-OH is 1. The summed E-state index contributed by atoms with van der Waals surface area (Å²) in [4.78, 5) is 11.9. The Morgan fingerprint density at radius 2 is 1.78 bits per heavy atom. The van der Waals surface area contributed by atoms with Crippen LogP contribution < -0.4 is 0 Å². The molecule has 2 N–H and O–H groups in total. The lowest BCUT2D eigenvalue weighted by molar-refractivity contribution is 0.122. The smallest absolute Gasteiger partial charge is 0.116 e. The van der Waals surface area contributed by atoms with Gasteiger partial charge in [-0.2, -0.15) is 0 Å². The molecule has 0 spiro atoms. The first kappa shape index (κ1) is 19.6. The fraction of sp³-hybridized carbons (Fsp3) is 0.364. The fourth-order valence-electron chi connectivity index (χ4n) is 3.79. The van der Waals surface area contributed by atoms with E-state index < -0.39 is 5.41 Å². The number of nitrogens with one attached hydrogen (secondary N) is 1. The Balaban J connectivity index is 2.17. The molecule has 142 valence electrons. The van der Waals surface area contributed by atoms with Gasteiger partial charge in [-0.15, -0.1) is 0 Å². The van der Waals surface area contributed by atoms with Crippen molar-refractivity contribution in [3.63, 3.8) is 0 Å². The molecule has 3 rings (SSSR count). The molecule has 0 saturated heterocycles. The van der Waals surface area contributed by atoms with Gasteiger partial charge in [0, 0.05) is 11.6 Å². The minimum atomic E-state index is -0.559. The van der Waals surface area contributed by atoms with Crippen LogP contribution >= 0.6 is 11.6 Å². The number of aromatic nitrogens is 3. The van der Waals surface area contributed by atoms with Gasteiger partial charge in [0.25, 0.3) is 0 Å². The van der Waals surface area contributed by atoms with Crippen molar-refractivity contribution in [2.45, 2.75) is 39.5 Å². The molecular formula is C22H26ClN3O. The van der Waals surface area contributed by atoms with Crippen molar-refractivity contribution in [3.8, 4) is 11.4 Å². The molecule has 27 heavy (non-hydrogen) atoms. The summed E-state index contributed by atoms with van der Waals surface area (Å²) in [6, 6.07) is 12.2. The van der Waals surface area contributed by atoms with Gasteiger partial charge >= 0.3 is 0 Å². The van der Waals surface area contributed by atoms with E-state index in [2.05, 4.69) is 47.9 Å². The topological polar surface area (TPSA) is 61.8 Å². The van der Waals surface area contributed by atoms with E-state index >= 15 is 0 Å². The molecular weight excluding hydrogens is 358 g/mol. The van der Waals surface area contributed by atoms with Gasteiger partial charge in [-0.25, -0.2) is 9.97 Å². The van der Waals surface area contributed by atoms with Gasteiger partial charge in [0.1, 0.15) is 12.0 Å². The van der Waals surface area contributed by atoms with Gasteiger partial charge in [0.05, 0.1) is 23.0 Å². The molecule has 1 aromatic carbocycles. The molecule has 1 atom stereocenters. The fourth-order valence-corrected chi connectivity index (χ4v) is 4.13. The SMILES string of the molecule is CCc1ncnc(-c2cc(C(CO)(c3ccccc3)C(C)(C)C)c[nH]2)c1Cl. The molecule has 2 heterocycles. The van der Waals surface area contributed by atoms with Crippen molar-refractivity contribution < 1.29 is 5.11 Å². The Bertz CT molecular complexity index is 915. The highest BCUT2D eigenvalue weighted by Crippen LogP contribution is 2.47. The highest BCUT2D eigenvalue weighted by atomic mass is 35.5. The van der Waals surface area contributed by atoms with E-state index in [0.717, 1.165) is 28.9 Å². The number of hydrogen-bond acceptors (Lipinski definition) is 3. The maximum absolute atomic E-state index is 10.6. The Morgan fingerprint density at radius 1 is 1.07 bits per heavy atom. The predicted octanol–water partition coefficient (Wildman–Crippen LogP) is 5.01. The second kappa shape index (κ2) is 7.45. The van der Waals surface area contributed by atoms with Crippen LogP contribution in [0.25, 0.3) is 11.4 Å². The van der Waals surface area contributed by atoms with Crippen LogP contribution in [0.3, 0.4) is 0 Å². The van der Waals surface area contributed by atoms with E-state index in [1.165, 1.54) is 0 Å². The summed E-state index contributed by atoms with van der Waals surface area (Å²) in [5.74, 6) is 0. The van der Waals surface area contributed by atoms with Crippen LogP contribution in [0.4, 0.5) is 0 Å². The maximum atomic E-state index is 10.6. The summed E-state index contributed by atoms with van der Waals surface area (Å²) in [5.41, 5.74) is 3.64. The summed E-state index contributed by atoms with van der Waals surface area (Å²) in [7, 11) is 0. The van der Waals surface area contributed by atoms with Gasteiger partial charge in [0.15, 0.2) is 0 Å². The Hall–Kier alpha value is -2.17. The largest absolute Gasteiger partial charge is 0.395 e. The van der Waals surface area contributed by atoms with Gasteiger partial charge in [0.2, 0.25) is 0 Å². The number of H-pyrrole nitrogens is 1. The zero-order valence-electron chi connectivity index (χ0n) is 16.3. The quantitative estimate of drug-likeness (QED) is 0.650. The summed E-state index contributed by atoms with van der Waals surface area (Å²) >= 11 is 6.51. The Kier molecular flexibility index (Phi) is 5.41. The third-order valence-electron chi connectivity index (χ3n) is 5.41. The molecule has 0 aliphatic carbocycles. The summed E-state index contributed by atoms with van der Waals surface area (Å²) in [6.07, 6.45) is 4.24. The van der Waals surface area contributed by atoms with Crippen molar-refractivity contribution in [2.75, 3.05) is 6.61 Å². The van der Waals surface area contributed by atoms with Gasteiger partial charge < -0.3 is 10.1 Å². The van der Waals surface area contributed by atoms with Crippen LogP contribution in [0.15, 0.2) is 48.9 Å². The highest BCUT2D eigenvalue weighted by Gasteiger charge is 2.45. The number of rotatable bonds is 5. The molecule has 0 bridgehead atoms. The van der Waals surface area contributed by atoms with Gasteiger partial charge in [-0.3, -0.25) is 0 Å².